The van der Waals surface area contributed by atoms with Crippen molar-refractivity contribution >= 4 is 84.8 Å². The molecule has 3 heterocycles. The molecule has 0 bridgehead atoms. The third-order valence-electron chi connectivity index (χ3n) is 19.7. The van der Waals surface area contributed by atoms with E-state index in [1.54, 1.807) is 36.4 Å². The second-order valence-corrected chi connectivity index (χ2v) is 27.7. The van der Waals surface area contributed by atoms with Crippen molar-refractivity contribution in [1.82, 2.24) is 15.0 Å². The van der Waals surface area contributed by atoms with E-state index in [4.69, 9.17) is 34.4 Å². The molecular formula is C79H100N12O6. The summed E-state index contributed by atoms with van der Waals surface area (Å²) in [6.07, 6.45) is 3.18. The summed E-state index contributed by atoms with van der Waals surface area (Å²) in [5.74, 6) is -2.85. The smallest absolute Gasteiger partial charge is 0.252 e. The van der Waals surface area contributed by atoms with Crippen LogP contribution in [0.3, 0.4) is 0 Å². The fourth-order valence-electron chi connectivity index (χ4n) is 13.3. The number of rotatable bonds is 33. The SMILES string of the molecule is Cc1[nH]c2ccc(C(C)C)cc2c1CC(=O)[C@@](N)(CCCCN)C(=O)Nc1ccc(C(c2ccc(NC(=O)[C@](N)(CCCCN)C(=O)Cc3c(C)[nH]c4ccc(C(C)C)cc34)cc2)c2ccc(NC(=O)[C@](N)(CCCCN)C(=O)Cc3c(C)[nH]c4ccc(C(C)C)cc34)cc2)cc1. The molecule has 3 amide bonds. The van der Waals surface area contributed by atoms with E-state index < -0.39 is 57.6 Å². The van der Waals surface area contributed by atoms with Crippen LogP contribution in [0, 0.1) is 20.8 Å². The Bertz CT molecular complexity index is 3880. The van der Waals surface area contributed by atoms with Crippen LogP contribution in [-0.4, -0.2) is 86.3 Å². The van der Waals surface area contributed by atoms with E-state index in [1.165, 1.54) is 0 Å². The number of hydrogen-bond donors (Lipinski definition) is 12. The maximum atomic E-state index is 14.6. The molecule has 512 valence electrons. The number of unbranched alkanes of at least 4 members (excludes halogenated alkanes) is 3. The highest BCUT2D eigenvalue weighted by Crippen LogP contribution is 2.37. The molecule has 0 saturated carbocycles. The Morgan fingerprint density at radius 2 is 0.598 bits per heavy atom. The highest BCUT2D eigenvalue weighted by atomic mass is 16.2. The van der Waals surface area contributed by atoms with E-state index in [0.717, 1.165) is 99.9 Å². The van der Waals surface area contributed by atoms with Crippen molar-refractivity contribution in [2.45, 2.75) is 180 Å². The van der Waals surface area contributed by atoms with Gasteiger partial charge in [-0.1, -0.05) is 96.1 Å². The number of Topliss-reactive ketones (excluding diaryl/α,β-unsaturated/α-hetero) is 3. The molecule has 3 atom stereocenters. The molecule has 0 saturated heterocycles. The number of fused-ring (bicyclic) bond motifs is 3. The summed E-state index contributed by atoms with van der Waals surface area (Å²) in [6.45, 7) is 19.6. The Morgan fingerprint density at radius 1 is 0.361 bits per heavy atom. The first-order valence-electron chi connectivity index (χ1n) is 34.4. The number of carbonyl (C=O) groups excluding carboxylic acids is 6. The average molecular weight is 1310 g/mol. The first-order chi connectivity index (χ1) is 46.2. The van der Waals surface area contributed by atoms with E-state index in [2.05, 4.69) is 109 Å². The number of aromatic nitrogens is 3. The lowest BCUT2D eigenvalue weighted by molar-refractivity contribution is -0.134. The van der Waals surface area contributed by atoms with Crippen LogP contribution >= 0.6 is 0 Å². The number of nitrogens with two attached hydrogens (primary N) is 6. The number of H-pyrrole nitrogens is 3. The summed E-state index contributed by atoms with van der Waals surface area (Å²) in [5.41, 5.74) is 47.7. The molecule has 0 aliphatic carbocycles. The van der Waals surface area contributed by atoms with Crippen LogP contribution in [-0.2, 0) is 48.0 Å². The predicted octanol–water partition coefficient (Wildman–Crippen LogP) is 12.3. The molecule has 0 fully saturated rings. The lowest BCUT2D eigenvalue weighted by atomic mass is 9.83. The molecule has 0 aliphatic heterocycles. The van der Waals surface area contributed by atoms with E-state index in [0.29, 0.717) is 75.2 Å². The first kappa shape index (κ1) is 72.4. The van der Waals surface area contributed by atoms with Gasteiger partial charge in [0.25, 0.3) is 17.7 Å². The zero-order chi connectivity index (χ0) is 70.1. The van der Waals surface area contributed by atoms with Crippen LogP contribution in [0.25, 0.3) is 32.7 Å². The van der Waals surface area contributed by atoms with E-state index >= 15 is 0 Å². The van der Waals surface area contributed by atoms with Crippen LogP contribution in [0.1, 0.15) is 190 Å². The number of ketones is 3. The number of carbonyl (C=O) groups is 6. The lowest BCUT2D eigenvalue weighted by Gasteiger charge is -2.28. The van der Waals surface area contributed by atoms with Crippen molar-refractivity contribution in [3.05, 3.63) is 195 Å². The number of aryl methyl sites for hydroxylation is 3. The van der Waals surface area contributed by atoms with Gasteiger partial charge in [-0.15, -0.1) is 0 Å². The first-order valence-corrected chi connectivity index (χ1v) is 34.4. The summed E-state index contributed by atoms with van der Waals surface area (Å²) < 4.78 is 0. The minimum absolute atomic E-state index is 0.0544. The van der Waals surface area contributed by atoms with Crippen molar-refractivity contribution in [2.24, 2.45) is 34.4 Å². The summed E-state index contributed by atoms with van der Waals surface area (Å²) in [5, 5.41) is 11.7. The number of hydrogen-bond acceptors (Lipinski definition) is 12. The van der Waals surface area contributed by atoms with Gasteiger partial charge in [0.1, 0.15) is 0 Å². The third-order valence-corrected chi connectivity index (χ3v) is 19.7. The molecule has 9 rings (SSSR count). The van der Waals surface area contributed by atoms with Gasteiger partial charge in [-0.2, -0.15) is 0 Å². The van der Waals surface area contributed by atoms with E-state index in [9.17, 15) is 28.8 Å². The molecule has 0 aliphatic rings. The molecule has 6 aromatic carbocycles. The molecule has 0 radical (unpaired) electrons. The fourth-order valence-corrected chi connectivity index (χ4v) is 13.3. The standard InChI is InChI=1S/C79H100N12O6/c1-46(2)55-22-31-67-64(40-55)61(49(7)86-67)43-70(92)77(83,34-10-13-37-80)74(95)89-58-25-16-52(17-26-58)73(53-18-27-59(28-19-53)90-75(96)78(84,35-11-14-38-81)71(93)44-62-50(8)87-68-32-23-56(47(3)4)41-65(62)68)54-20-29-60(30-21-54)91-76(97)79(85,36-12-15-39-82)72(94)45-63-51(9)88-69-33-24-57(48(5)6)42-66(63)69/h16-33,40-42,46-48,73,86-88H,10-15,34-39,43-45,80-85H2,1-9H3,(H,89,95)(H,90,96)(H,91,97)/t77-,78-,79-/m0/s1. The zero-order valence-corrected chi connectivity index (χ0v) is 58.0. The van der Waals surface area contributed by atoms with Crippen LogP contribution < -0.4 is 50.4 Å². The number of nitrogens with one attached hydrogen (secondary N) is 6. The second-order valence-electron chi connectivity index (χ2n) is 27.7. The maximum absolute atomic E-state index is 14.6. The van der Waals surface area contributed by atoms with Gasteiger partial charge in [0, 0.05) is 92.0 Å². The number of benzene rings is 6. The Morgan fingerprint density at radius 3 is 0.825 bits per heavy atom. The summed E-state index contributed by atoms with van der Waals surface area (Å²) in [7, 11) is 0. The van der Waals surface area contributed by atoms with Gasteiger partial charge in [0.15, 0.2) is 34.0 Å². The van der Waals surface area contributed by atoms with Gasteiger partial charge >= 0.3 is 0 Å². The Labute approximate surface area is 570 Å². The van der Waals surface area contributed by atoms with Gasteiger partial charge < -0.3 is 65.3 Å². The third kappa shape index (κ3) is 16.1. The monoisotopic (exact) mass is 1310 g/mol. The van der Waals surface area contributed by atoms with Gasteiger partial charge in [-0.25, -0.2) is 0 Å². The molecule has 3 aromatic heterocycles. The van der Waals surface area contributed by atoms with E-state index in [-0.39, 0.29) is 56.3 Å². The van der Waals surface area contributed by atoms with E-state index in [1.807, 2.05) is 75.4 Å². The summed E-state index contributed by atoms with van der Waals surface area (Å²) >= 11 is 0. The van der Waals surface area contributed by atoms with Gasteiger partial charge in [0.05, 0.1) is 0 Å². The van der Waals surface area contributed by atoms with Crippen molar-refractivity contribution in [2.75, 3.05) is 35.6 Å². The Kier molecular flexibility index (Phi) is 23.2. The van der Waals surface area contributed by atoms with Gasteiger partial charge in [-0.3, -0.25) is 28.8 Å². The Hall–Kier alpha value is -8.88. The van der Waals surface area contributed by atoms with Crippen molar-refractivity contribution < 1.29 is 28.8 Å². The largest absolute Gasteiger partial charge is 0.358 e. The lowest BCUT2D eigenvalue weighted by Crippen LogP contribution is -2.58. The number of aromatic amines is 3. The molecule has 18 heteroatoms. The van der Waals surface area contributed by atoms with Crippen LogP contribution in [0.15, 0.2) is 127 Å². The molecule has 0 spiro atoms. The highest BCUT2D eigenvalue weighted by Gasteiger charge is 2.44. The highest BCUT2D eigenvalue weighted by molar-refractivity contribution is 6.18. The molecule has 0 unspecified atom stereocenters. The van der Waals surface area contributed by atoms with Crippen molar-refractivity contribution in [3.8, 4) is 0 Å². The second kappa shape index (κ2) is 31.1. The van der Waals surface area contributed by atoms with Crippen molar-refractivity contribution in [1.29, 1.82) is 0 Å². The average Bonchev–Trinajstić information content (AvgIpc) is 1.68. The predicted molar refractivity (Wildman–Crippen MR) is 393 cm³/mol. The molecule has 18 N–H and O–H groups in total. The quantitative estimate of drug-likeness (QED) is 0.0104. The molecule has 18 nitrogen and oxygen atoms in total. The van der Waals surface area contributed by atoms with Crippen LogP contribution in [0.4, 0.5) is 17.1 Å². The molecule has 97 heavy (non-hydrogen) atoms. The molecule has 9 aromatic rings. The van der Waals surface area contributed by atoms with Gasteiger partial charge in [-0.05, 0) is 239 Å². The van der Waals surface area contributed by atoms with Crippen LogP contribution in [0.5, 0.6) is 0 Å². The van der Waals surface area contributed by atoms with Gasteiger partial charge in [0.2, 0.25) is 0 Å². The number of anilines is 3. The minimum atomic E-state index is -1.89. The summed E-state index contributed by atoms with van der Waals surface area (Å²) in [6, 6.07) is 40.4. The topological polar surface area (TPSA) is 342 Å². The molecular weight excluding hydrogens is 1210 g/mol. The number of amides is 3. The minimum Gasteiger partial charge on any atom is -0.358 e. The fraction of sp³-hybridized carbons (Fsp3) is 0.392. The Balaban J connectivity index is 1.01. The summed E-state index contributed by atoms with van der Waals surface area (Å²) in [4.78, 5) is 97.8. The van der Waals surface area contributed by atoms with Crippen LogP contribution in [0.2, 0.25) is 0 Å². The van der Waals surface area contributed by atoms with Crippen molar-refractivity contribution in [3.63, 3.8) is 0 Å². The maximum Gasteiger partial charge on any atom is 0.252 e. The zero-order valence-electron chi connectivity index (χ0n) is 58.0. The normalized spacial score (nSPS) is 13.8.